The molecule has 200 valence electrons. The predicted octanol–water partition coefficient (Wildman–Crippen LogP) is 5.76. The van der Waals surface area contributed by atoms with Gasteiger partial charge >= 0.3 is 0 Å². The van der Waals surface area contributed by atoms with Crippen molar-refractivity contribution in [3.63, 3.8) is 0 Å². The molecule has 0 bridgehead atoms. The van der Waals surface area contributed by atoms with E-state index >= 15 is 0 Å². The number of carbonyl (C=O) groups is 1. The molecule has 4 aromatic rings. The van der Waals surface area contributed by atoms with Crippen LogP contribution in [0.4, 0.5) is 11.6 Å². The van der Waals surface area contributed by atoms with Gasteiger partial charge in [0.15, 0.2) is 0 Å². The van der Waals surface area contributed by atoms with Gasteiger partial charge in [0.2, 0.25) is 5.95 Å². The number of aryl methyl sites for hydroxylation is 1. The number of aromatic nitrogens is 3. The van der Waals surface area contributed by atoms with Crippen LogP contribution in [-0.2, 0) is 11.4 Å². The molecular weight excluding hydrogens is 518 g/mol. The molecule has 0 fully saturated rings. The third-order valence-corrected chi connectivity index (χ3v) is 6.78. The molecule has 9 nitrogen and oxygen atoms in total. The maximum atomic E-state index is 13.8. The minimum Gasteiger partial charge on any atom is -0.495 e. The third-order valence-electron chi connectivity index (χ3n) is 6.48. The van der Waals surface area contributed by atoms with Gasteiger partial charge in [0.25, 0.3) is 5.91 Å². The molecule has 2 heterocycles. The first-order valence-electron chi connectivity index (χ1n) is 12.3. The Hall–Kier alpha value is -4.50. The SMILES string of the molecule is COc1cc(NC(=O)C2=C(C)Nc3ncnn3C2c2ccc(OCc3ccc(C)cc3)cc2)c(OC)cc1Cl. The van der Waals surface area contributed by atoms with Crippen molar-refractivity contribution in [1.82, 2.24) is 14.8 Å². The van der Waals surface area contributed by atoms with Crippen molar-refractivity contribution < 1.29 is 19.0 Å². The van der Waals surface area contributed by atoms with Crippen LogP contribution in [0.2, 0.25) is 5.02 Å². The van der Waals surface area contributed by atoms with E-state index < -0.39 is 6.04 Å². The summed E-state index contributed by atoms with van der Waals surface area (Å²) in [7, 11) is 3.01. The molecule has 0 aliphatic carbocycles. The van der Waals surface area contributed by atoms with E-state index in [1.807, 2.05) is 31.2 Å². The molecule has 39 heavy (non-hydrogen) atoms. The molecule has 5 rings (SSSR count). The smallest absolute Gasteiger partial charge is 0.255 e. The van der Waals surface area contributed by atoms with Crippen LogP contribution in [0.25, 0.3) is 0 Å². The Morgan fingerprint density at radius 3 is 2.44 bits per heavy atom. The monoisotopic (exact) mass is 545 g/mol. The van der Waals surface area contributed by atoms with E-state index in [1.165, 1.54) is 26.1 Å². The Balaban J connectivity index is 1.43. The van der Waals surface area contributed by atoms with E-state index in [1.54, 1.807) is 16.8 Å². The molecule has 1 unspecified atom stereocenters. The Morgan fingerprint density at radius 2 is 1.74 bits per heavy atom. The van der Waals surface area contributed by atoms with Crippen LogP contribution >= 0.6 is 11.6 Å². The maximum absolute atomic E-state index is 13.8. The van der Waals surface area contributed by atoms with Gasteiger partial charge in [-0.1, -0.05) is 53.6 Å². The molecule has 1 aliphatic heterocycles. The highest BCUT2D eigenvalue weighted by Crippen LogP contribution is 2.39. The summed E-state index contributed by atoms with van der Waals surface area (Å²) in [5, 5.41) is 10.9. The van der Waals surface area contributed by atoms with Gasteiger partial charge in [0.1, 0.15) is 36.2 Å². The summed E-state index contributed by atoms with van der Waals surface area (Å²) in [4.78, 5) is 18.1. The first kappa shape index (κ1) is 26.1. The zero-order valence-electron chi connectivity index (χ0n) is 22.0. The lowest BCUT2D eigenvalue weighted by atomic mass is 9.95. The number of hydrogen-bond acceptors (Lipinski definition) is 7. The van der Waals surface area contributed by atoms with Crippen molar-refractivity contribution in [2.24, 2.45) is 0 Å². The second-order valence-electron chi connectivity index (χ2n) is 9.08. The van der Waals surface area contributed by atoms with Gasteiger partial charge in [-0.3, -0.25) is 4.79 Å². The molecule has 1 aliphatic rings. The van der Waals surface area contributed by atoms with Gasteiger partial charge in [-0.15, -0.1) is 0 Å². The molecule has 10 heteroatoms. The zero-order chi connectivity index (χ0) is 27.5. The standard InChI is InChI=1S/C29H28ClN5O4/c1-17-5-7-19(8-6-17)15-39-21-11-9-20(10-12-21)27-26(18(2)33-29-31-16-32-35(27)29)28(36)34-23-14-24(37-3)22(30)13-25(23)38-4/h5-14,16,27H,15H2,1-4H3,(H,34,36)(H,31,32,33). The molecule has 1 atom stereocenters. The number of anilines is 2. The maximum Gasteiger partial charge on any atom is 0.255 e. The van der Waals surface area contributed by atoms with Gasteiger partial charge in [-0.05, 0) is 37.1 Å². The molecule has 0 radical (unpaired) electrons. The second-order valence-corrected chi connectivity index (χ2v) is 9.49. The molecule has 0 spiro atoms. The van der Waals surface area contributed by atoms with Gasteiger partial charge in [0.05, 0.1) is 30.5 Å². The van der Waals surface area contributed by atoms with E-state index in [2.05, 4.69) is 51.9 Å². The van der Waals surface area contributed by atoms with E-state index in [4.69, 9.17) is 25.8 Å². The second kappa shape index (κ2) is 11.1. The van der Waals surface area contributed by atoms with E-state index in [9.17, 15) is 4.79 Å². The number of fused-ring (bicyclic) bond motifs is 1. The summed E-state index contributed by atoms with van der Waals surface area (Å²) in [6, 6.07) is 18.5. The molecule has 3 aromatic carbocycles. The van der Waals surface area contributed by atoms with Gasteiger partial charge in [0, 0.05) is 17.8 Å². The van der Waals surface area contributed by atoms with Crippen LogP contribution in [-0.4, -0.2) is 34.9 Å². The number of carbonyl (C=O) groups excluding carboxylic acids is 1. The number of amides is 1. The number of methoxy groups -OCH3 is 2. The van der Waals surface area contributed by atoms with Crippen molar-refractivity contribution in [2.75, 3.05) is 24.9 Å². The number of allylic oxidation sites excluding steroid dienone is 1. The highest BCUT2D eigenvalue weighted by atomic mass is 35.5. The molecule has 2 N–H and O–H groups in total. The highest BCUT2D eigenvalue weighted by molar-refractivity contribution is 6.32. The Labute approximate surface area is 231 Å². The van der Waals surface area contributed by atoms with Crippen molar-refractivity contribution in [3.05, 3.63) is 100.0 Å². The summed E-state index contributed by atoms with van der Waals surface area (Å²) in [6.07, 6.45) is 1.45. The predicted molar refractivity (Wildman–Crippen MR) is 150 cm³/mol. The summed E-state index contributed by atoms with van der Waals surface area (Å²) < 4.78 is 18.4. The quantitative estimate of drug-likeness (QED) is 0.290. The van der Waals surface area contributed by atoms with Gasteiger partial charge in [-0.25, -0.2) is 4.68 Å². The van der Waals surface area contributed by atoms with Crippen LogP contribution in [0.3, 0.4) is 0 Å². The number of hydrogen-bond donors (Lipinski definition) is 2. The van der Waals surface area contributed by atoms with Crippen molar-refractivity contribution in [2.45, 2.75) is 26.5 Å². The van der Waals surface area contributed by atoms with E-state index in [-0.39, 0.29) is 5.91 Å². The third kappa shape index (κ3) is 5.39. The minimum absolute atomic E-state index is 0.339. The van der Waals surface area contributed by atoms with Crippen LogP contribution < -0.4 is 24.8 Å². The van der Waals surface area contributed by atoms with E-state index in [0.717, 1.165) is 16.9 Å². The number of rotatable bonds is 8. The average molecular weight is 546 g/mol. The number of benzene rings is 3. The first-order chi connectivity index (χ1) is 18.9. The fourth-order valence-electron chi connectivity index (χ4n) is 4.44. The lowest BCUT2D eigenvalue weighted by Crippen LogP contribution is -2.31. The summed E-state index contributed by atoms with van der Waals surface area (Å²) in [5.41, 5.74) is 4.68. The minimum atomic E-state index is -0.532. The summed E-state index contributed by atoms with van der Waals surface area (Å²) in [6.45, 7) is 4.34. The van der Waals surface area contributed by atoms with Crippen molar-refractivity contribution in [3.8, 4) is 17.2 Å². The van der Waals surface area contributed by atoms with Gasteiger partial charge in [-0.2, -0.15) is 10.1 Å². The van der Waals surface area contributed by atoms with Crippen LogP contribution in [0, 0.1) is 6.92 Å². The largest absolute Gasteiger partial charge is 0.495 e. The average Bonchev–Trinajstić information content (AvgIpc) is 3.41. The lowest BCUT2D eigenvalue weighted by molar-refractivity contribution is -0.113. The van der Waals surface area contributed by atoms with Crippen LogP contribution in [0.5, 0.6) is 17.2 Å². The zero-order valence-corrected chi connectivity index (χ0v) is 22.7. The molecule has 1 aromatic heterocycles. The molecular formula is C29H28ClN5O4. The van der Waals surface area contributed by atoms with Crippen LogP contribution in [0.1, 0.15) is 29.7 Å². The highest BCUT2D eigenvalue weighted by Gasteiger charge is 2.34. The summed E-state index contributed by atoms with van der Waals surface area (Å²) >= 11 is 6.25. The Kier molecular flexibility index (Phi) is 7.42. The van der Waals surface area contributed by atoms with Crippen molar-refractivity contribution >= 4 is 29.1 Å². The van der Waals surface area contributed by atoms with Gasteiger partial charge < -0.3 is 24.8 Å². The lowest BCUT2D eigenvalue weighted by Gasteiger charge is -2.29. The molecule has 1 amide bonds. The fourth-order valence-corrected chi connectivity index (χ4v) is 4.67. The molecule has 0 saturated carbocycles. The number of ether oxygens (including phenoxy) is 3. The number of nitrogens with zero attached hydrogens (tertiary/aromatic N) is 3. The van der Waals surface area contributed by atoms with E-state index in [0.29, 0.717) is 46.0 Å². The van der Waals surface area contributed by atoms with Crippen molar-refractivity contribution in [1.29, 1.82) is 0 Å². The van der Waals surface area contributed by atoms with Crippen LogP contribution in [0.15, 0.2) is 78.3 Å². The summed E-state index contributed by atoms with van der Waals surface area (Å²) in [5.74, 6) is 1.74. The normalized spacial score (nSPS) is 14.3. The Bertz CT molecular complexity index is 1530. The first-order valence-corrected chi connectivity index (χ1v) is 12.6. The Morgan fingerprint density at radius 1 is 1.03 bits per heavy atom. The number of halogens is 1. The fraction of sp³-hybridized carbons (Fsp3) is 0.207. The molecule has 0 saturated heterocycles. The topological polar surface area (TPSA) is 99.5 Å². The number of nitrogens with one attached hydrogen (secondary N) is 2.